The Hall–Kier alpha value is -1.96. The monoisotopic (exact) mass is 273 g/mol. The number of hydrazine groups is 1. The molecule has 0 fully saturated rings. The lowest BCUT2D eigenvalue weighted by Crippen LogP contribution is -2.35. The number of hydrogen-bond acceptors (Lipinski definition) is 5. The van der Waals surface area contributed by atoms with Crippen molar-refractivity contribution in [3.63, 3.8) is 0 Å². The second-order valence-electron chi connectivity index (χ2n) is 4.16. The predicted octanol–water partition coefficient (Wildman–Crippen LogP) is 0.464. The van der Waals surface area contributed by atoms with E-state index in [0.29, 0.717) is 6.07 Å². The van der Waals surface area contributed by atoms with Gasteiger partial charge in [-0.15, -0.1) is 0 Å². The molecule has 1 unspecified atom stereocenters. The van der Waals surface area contributed by atoms with Crippen LogP contribution in [-0.4, -0.2) is 31.5 Å². The van der Waals surface area contributed by atoms with Crippen molar-refractivity contribution < 1.29 is 13.6 Å². The first-order valence-corrected chi connectivity index (χ1v) is 5.66. The molecule has 0 bridgehead atoms. The van der Waals surface area contributed by atoms with E-state index in [9.17, 15) is 13.6 Å². The van der Waals surface area contributed by atoms with E-state index in [0.717, 1.165) is 0 Å². The zero-order valence-corrected chi connectivity index (χ0v) is 11.0. The molecular formula is C11H17F2N5O. The van der Waals surface area contributed by atoms with Crippen LogP contribution >= 0.6 is 0 Å². The summed E-state index contributed by atoms with van der Waals surface area (Å²) in [6, 6.07) is 0.693. The number of rotatable bonds is 5. The zero-order chi connectivity index (χ0) is 14.6. The van der Waals surface area contributed by atoms with Gasteiger partial charge in [-0.1, -0.05) is 6.92 Å². The van der Waals surface area contributed by atoms with Gasteiger partial charge in [-0.2, -0.15) is 0 Å². The van der Waals surface area contributed by atoms with Gasteiger partial charge in [-0.05, 0) is 0 Å². The summed E-state index contributed by atoms with van der Waals surface area (Å²) in [5.41, 5.74) is 2.05. The number of nitrogens with zero attached hydrogens (tertiary/aromatic N) is 2. The van der Waals surface area contributed by atoms with Crippen molar-refractivity contribution >= 4 is 17.5 Å². The van der Waals surface area contributed by atoms with Crippen LogP contribution in [0.4, 0.5) is 20.4 Å². The number of carbonyl (C=O) groups is 1. The van der Waals surface area contributed by atoms with Crippen molar-refractivity contribution in [2.45, 2.75) is 6.92 Å². The molecule has 0 aromatic carbocycles. The van der Waals surface area contributed by atoms with Crippen LogP contribution in [0.5, 0.6) is 0 Å². The Morgan fingerprint density at radius 1 is 1.53 bits per heavy atom. The summed E-state index contributed by atoms with van der Waals surface area (Å²) in [5, 5.41) is 2.50. The Balaban J connectivity index is 2.93. The number of halogens is 2. The quantitative estimate of drug-likeness (QED) is 0.536. The summed E-state index contributed by atoms with van der Waals surface area (Å²) in [6.07, 6.45) is 0. The van der Waals surface area contributed by atoms with E-state index in [-0.39, 0.29) is 30.0 Å². The topological polar surface area (TPSA) is 83.3 Å². The Morgan fingerprint density at radius 3 is 2.68 bits per heavy atom. The van der Waals surface area contributed by atoms with Gasteiger partial charge in [0.25, 0.3) is 0 Å². The third kappa shape index (κ3) is 3.50. The van der Waals surface area contributed by atoms with Gasteiger partial charge in [0.2, 0.25) is 5.91 Å². The Bertz CT molecular complexity index is 469. The van der Waals surface area contributed by atoms with Crippen LogP contribution in [0.15, 0.2) is 6.07 Å². The van der Waals surface area contributed by atoms with Crippen LogP contribution in [0.25, 0.3) is 0 Å². The number of hydrogen-bond donors (Lipinski definition) is 3. The van der Waals surface area contributed by atoms with E-state index in [1.54, 1.807) is 14.0 Å². The second-order valence-corrected chi connectivity index (χ2v) is 4.16. The van der Waals surface area contributed by atoms with Gasteiger partial charge in [-0.3, -0.25) is 4.79 Å². The molecule has 0 spiro atoms. The highest BCUT2D eigenvalue weighted by Crippen LogP contribution is 2.21. The Morgan fingerprint density at radius 2 is 2.16 bits per heavy atom. The molecule has 0 radical (unpaired) electrons. The number of nitrogen functional groups attached to an aromatic ring is 1. The maximum absolute atomic E-state index is 13.6. The molecule has 1 heterocycles. The SMILES string of the molecule is CNC(=O)C(C)CN(C)c1nc(NN)c(F)cc1F. The first-order chi connectivity index (χ1) is 8.90. The van der Waals surface area contributed by atoms with Crippen LogP contribution in [0.1, 0.15) is 6.92 Å². The fourth-order valence-electron chi connectivity index (χ4n) is 1.65. The average molecular weight is 273 g/mol. The first kappa shape index (κ1) is 15.1. The lowest BCUT2D eigenvalue weighted by atomic mass is 10.1. The van der Waals surface area contributed by atoms with Crippen molar-refractivity contribution in [1.29, 1.82) is 0 Å². The van der Waals surface area contributed by atoms with Crippen LogP contribution in [0, 0.1) is 17.6 Å². The summed E-state index contributed by atoms with van der Waals surface area (Å²) < 4.78 is 26.8. The van der Waals surface area contributed by atoms with E-state index in [1.165, 1.54) is 11.9 Å². The highest BCUT2D eigenvalue weighted by Gasteiger charge is 2.19. The van der Waals surface area contributed by atoms with Crippen molar-refractivity contribution in [1.82, 2.24) is 10.3 Å². The maximum atomic E-state index is 13.6. The molecule has 19 heavy (non-hydrogen) atoms. The summed E-state index contributed by atoms with van der Waals surface area (Å²) in [4.78, 5) is 16.6. The van der Waals surface area contributed by atoms with E-state index < -0.39 is 11.6 Å². The fourth-order valence-corrected chi connectivity index (χ4v) is 1.65. The fraction of sp³-hybridized carbons (Fsp3) is 0.455. The molecule has 1 atom stereocenters. The third-order valence-corrected chi connectivity index (χ3v) is 2.65. The van der Waals surface area contributed by atoms with Crippen molar-refractivity contribution in [2.24, 2.45) is 11.8 Å². The number of carbonyl (C=O) groups excluding carboxylic acids is 1. The molecule has 6 nitrogen and oxygen atoms in total. The minimum atomic E-state index is -0.878. The molecule has 106 valence electrons. The lowest BCUT2D eigenvalue weighted by molar-refractivity contribution is -0.123. The van der Waals surface area contributed by atoms with Crippen molar-refractivity contribution in [3.05, 3.63) is 17.7 Å². The van der Waals surface area contributed by atoms with Crippen molar-refractivity contribution in [3.8, 4) is 0 Å². The molecule has 1 aromatic heterocycles. The van der Waals surface area contributed by atoms with Crippen LogP contribution in [0.2, 0.25) is 0 Å². The smallest absolute Gasteiger partial charge is 0.224 e. The van der Waals surface area contributed by atoms with Crippen LogP contribution in [0.3, 0.4) is 0 Å². The first-order valence-electron chi connectivity index (χ1n) is 5.66. The van der Waals surface area contributed by atoms with E-state index in [4.69, 9.17) is 5.84 Å². The summed E-state index contributed by atoms with van der Waals surface area (Å²) in [6.45, 7) is 1.93. The number of pyridine rings is 1. The predicted molar refractivity (Wildman–Crippen MR) is 68.5 cm³/mol. The van der Waals surface area contributed by atoms with Gasteiger partial charge in [-0.25, -0.2) is 19.6 Å². The molecular weight excluding hydrogens is 256 g/mol. The molecule has 8 heteroatoms. The largest absolute Gasteiger partial charge is 0.359 e. The molecule has 1 amide bonds. The number of aromatic nitrogens is 1. The molecule has 4 N–H and O–H groups in total. The van der Waals surface area contributed by atoms with Gasteiger partial charge < -0.3 is 15.6 Å². The second kappa shape index (κ2) is 6.28. The number of amides is 1. The summed E-state index contributed by atoms with van der Waals surface area (Å²) in [5.74, 6) is 2.52. The van der Waals surface area contributed by atoms with Gasteiger partial charge in [0.15, 0.2) is 23.3 Å². The Labute approximate surface area is 110 Å². The minimum absolute atomic E-state index is 0.0786. The van der Waals surface area contributed by atoms with Crippen LogP contribution < -0.4 is 21.5 Å². The molecule has 0 aliphatic carbocycles. The number of anilines is 2. The average Bonchev–Trinajstić information content (AvgIpc) is 2.37. The van der Waals surface area contributed by atoms with E-state index in [2.05, 4.69) is 10.3 Å². The van der Waals surface area contributed by atoms with Gasteiger partial charge in [0, 0.05) is 26.7 Å². The molecule has 0 aliphatic rings. The normalized spacial score (nSPS) is 11.9. The Kier molecular flexibility index (Phi) is 4.99. The minimum Gasteiger partial charge on any atom is -0.359 e. The van der Waals surface area contributed by atoms with Gasteiger partial charge >= 0.3 is 0 Å². The van der Waals surface area contributed by atoms with E-state index in [1.807, 2.05) is 5.43 Å². The maximum Gasteiger partial charge on any atom is 0.224 e. The molecule has 1 aromatic rings. The van der Waals surface area contributed by atoms with Gasteiger partial charge in [0.05, 0.1) is 5.92 Å². The van der Waals surface area contributed by atoms with Crippen LogP contribution in [-0.2, 0) is 4.79 Å². The zero-order valence-electron chi connectivity index (χ0n) is 11.0. The number of nitrogens with two attached hydrogens (primary N) is 1. The highest BCUT2D eigenvalue weighted by atomic mass is 19.1. The highest BCUT2D eigenvalue weighted by molar-refractivity contribution is 5.78. The summed E-state index contributed by atoms with van der Waals surface area (Å²) in [7, 11) is 3.08. The molecule has 0 aliphatic heterocycles. The van der Waals surface area contributed by atoms with E-state index >= 15 is 0 Å². The standard InChI is InChI=1S/C11H17F2N5O/c1-6(11(19)15-2)5-18(3)10-8(13)4-7(12)9(16-10)17-14/h4,6H,5,14H2,1-3H3,(H,15,19)(H,16,17). The third-order valence-electron chi connectivity index (χ3n) is 2.65. The van der Waals surface area contributed by atoms with Gasteiger partial charge in [0.1, 0.15) is 0 Å². The lowest BCUT2D eigenvalue weighted by Gasteiger charge is -2.22. The molecule has 1 rings (SSSR count). The summed E-state index contributed by atoms with van der Waals surface area (Å²) >= 11 is 0. The van der Waals surface area contributed by atoms with Crippen molar-refractivity contribution in [2.75, 3.05) is 31.0 Å². The number of nitrogens with one attached hydrogen (secondary N) is 2. The molecule has 0 saturated carbocycles. The molecule has 0 saturated heterocycles.